The molecule has 2 amide bonds. The van der Waals surface area contributed by atoms with Crippen LogP contribution in [0.2, 0.25) is 0 Å². The first-order valence-corrected chi connectivity index (χ1v) is 12.3. The number of halogens is 3. The molecule has 0 aliphatic carbocycles. The summed E-state index contributed by atoms with van der Waals surface area (Å²) >= 11 is 0. The summed E-state index contributed by atoms with van der Waals surface area (Å²) in [7, 11) is -4.51. The maximum Gasteiger partial charge on any atom is 0.416 e. The molecule has 0 spiro atoms. The zero-order valence-electron chi connectivity index (χ0n) is 18.6. The average molecular weight is 529 g/mol. The van der Waals surface area contributed by atoms with Crippen molar-refractivity contribution >= 4 is 33.4 Å². The van der Waals surface area contributed by atoms with Gasteiger partial charge in [0.2, 0.25) is 5.91 Å². The lowest BCUT2D eigenvalue weighted by Crippen LogP contribution is -2.46. The Kier molecular flexibility index (Phi) is 7.00. The van der Waals surface area contributed by atoms with E-state index < -0.39 is 38.9 Å². The summed E-state index contributed by atoms with van der Waals surface area (Å²) in [5.41, 5.74) is -1.12. The number of benzene rings is 2. The number of fused-ring (bicyclic) bond motifs is 1. The fourth-order valence-corrected chi connectivity index (χ4v) is 5.28. The normalized spacial score (nSPS) is 18.0. The van der Waals surface area contributed by atoms with Crippen LogP contribution in [0.1, 0.15) is 12.0 Å². The fraction of sp³-hybridized carbons (Fsp3) is 0.364. The number of amides is 2. The molecule has 2 aromatic rings. The molecule has 36 heavy (non-hydrogen) atoms. The van der Waals surface area contributed by atoms with E-state index in [1.54, 1.807) is 0 Å². The van der Waals surface area contributed by atoms with Gasteiger partial charge in [-0.2, -0.15) is 13.2 Å². The zero-order chi connectivity index (χ0) is 26.1. The molecule has 1 saturated heterocycles. The van der Waals surface area contributed by atoms with E-state index in [4.69, 9.17) is 14.6 Å². The maximum absolute atomic E-state index is 13.5. The number of sulfonamides is 1. The van der Waals surface area contributed by atoms with Crippen molar-refractivity contribution in [3.63, 3.8) is 0 Å². The van der Waals surface area contributed by atoms with Crippen LogP contribution in [0.15, 0.2) is 47.4 Å². The largest absolute Gasteiger partial charge is 0.486 e. The van der Waals surface area contributed by atoms with Crippen molar-refractivity contribution in [1.82, 2.24) is 5.32 Å². The number of carbonyl (C=O) groups is 2. The van der Waals surface area contributed by atoms with Gasteiger partial charge in [0.05, 0.1) is 41.8 Å². The third-order valence-corrected chi connectivity index (χ3v) is 7.44. The van der Waals surface area contributed by atoms with E-state index in [0.717, 1.165) is 22.5 Å². The standard InChI is InChI=1S/C22H22F3N3O7S/c23-22(24,25)14-2-1-3-17(8-14)36(32,33)28-10-16(6-7-26-20(29)13-11-34-12-13)35-19-5-4-15(9-18(19)28)27-21(30)31/h1-5,8-9,13,16,27H,6-7,10-12H2,(H,26,29)(H,30,31). The molecular formula is C22H22F3N3O7S. The lowest BCUT2D eigenvalue weighted by Gasteiger charge is -2.36. The Labute approximate surface area is 204 Å². The molecule has 194 valence electrons. The van der Waals surface area contributed by atoms with Crippen LogP contribution in [-0.4, -0.2) is 57.9 Å². The Bertz CT molecular complexity index is 1270. The quantitative estimate of drug-likeness (QED) is 0.502. The Morgan fingerprint density at radius 2 is 1.89 bits per heavy atom. The van der Waals surface area contributed by atoms with Crippen molar-refractivity contribution in [3.05, 3.63) is 48.0 Å². The van der Waals surface area contributed by atoms with Gasteiger partial charge < -0.3 is 19.9 Å². The van der Waals surface area contributed by atoms with Gasteiger partial charge in [0.25, 0.3) is 10.0 Å². The van der Waals surface area contributed by atoms with Crippen LogP contribution in [0.5, 0.6) is 5.75 Å². The summed E-state index contributed by atoms with van der Waals surface area (Å²) in [6.07, 6.45) is -6.67. The van der Waals surface area contributed by atoms with Crippen molar-refractivity contribution in [3.8, 4) is 5.75 Å². The highest BCUT2D eigenvalue weighted by molar-refractivity contribution is 7.92. The topological polar surface area (TPSA) is 134 Å². The number of carbonyl (C=O) groups excluding carboxylic acids is 1. The van der Waals surface area contributed by atoms with Gasteiger partial charge >= 0.3 is 12.3 Å². The number of ether oxygens (including phenoxy) is 2. The van der Waals surface area contributed by atoms with Gasteiger partial charge in [-0.3, -0.25) is 14.4 Å². The first kappa shape index (κ1) is 25.6. The second-order valence-corrected chi connectivity index (χ2v) is 10.1. The monoisotopic (exact) mass is 529 g/mol. The summed E-state index contributed by atoms with van der Waals surface area (Å²) in [5, 5.41) is 13.8. The number of hydrogen-bond donors (Lipinski definition) is 3. The van der Waals surface area contributed by atoms with Crippen molar-refractivity contribution in [2.75, 3.05) is 35.9 Å². The van der Waals surface area contributed by atoms with Gasteiger partial charge in [0, 0.05) is 18.7 Å². The molecule has 14 heteroatoms. The minimum atomic E-state index is -4.75. The Morgan fingerprint density at radius 3 is 2.53 bits per heavy atom. The molecule has 10 nitrogen and oxygen atoms in total. The third kappa shape index (κ3) is 5.49. The van der Waals surface area contributed by atoms with Gasteiger partial charge in [-0.15, -0.1) is 0 Å². The van der Waals surface area contributed by atoms with Crippen LogP contribution < -0.4 is 19.7 Å². The summed E-state index contributed by atoms with van der Waals surface area (Å²) in [6, 6.07) is 7.31. The minimum Gasteiger partial charge on any atom is -0.486 e. The lowest BCUT2D eigenvalue weighted by atomic mass is 10.1. The number of nitrogens with one attached hydrogen (secondary N) is 2. The highest BCUT2D eigenvalue weighted by Gasteiger charge is 2.37. The third-order valence-electron chi connectivity index (χ3n) is 5.67. The van der Waals surface area contributed by atoms with Crippen LogP contribution >= 0.6 is 0 Å². The lowest BCUT2D eigenvalue weighted by molar-refractivity contribution is -0.139. The molecular weight excluding hydrogens is 507 g/mol. The molecule has 2 aliphatic rings. The summed E-state index contributed by atoms with van der Waals surface area (Å²) in [4.78, 5) is 22.5. The van der Waals surface area contributed by atoms with Crippen LogP contribution in [-0.2, 0) is 25.7 Å². The summed E-state index contributed by atoms with van der Waals surface area (Å²) in [6.45, 7) is 0.555. The van der Waals surface area contributed by atoms with Crippen LogP contribution in [0.4, 0.5) is 29.3 Å². The number of anilines is 2. The second kappa shape index (κ2) is 9.85. The summed E-state index contributed by atoms with van der Waals surface area (Å²) < 4.78 is 78.5. The number of alkyl halides is 3. The first-order chi connectivity index (χ1) is 16.9. The van der Waals surface area contributed by atoms with Crippen molar-refractivity contribution in [1.29, 1.82) is 0 Å². The molecule has 0 radical (unpaired) electrons. The minimum absolute atomic E-state index is 0.0365. The van der Waals surface area contributed by atoms with Gasteiger partial charge in [0.15, 0.2) is 0 Å². The van der Waals surface area contributed by atoms with E-state index in [9.17, 15) is 31.2 Å². The molecule has 2 aromatic carbocycles. The fourth-order valence-electron chi connectivity index (χ4n) is 3.74. The molecule has 3 N–H and O–H groups in total. The average Bonchev–Trinajstić information content (AvgIpc) is 2.76. The van der Waals surface area contributed by atoms with E-state index in [0.29, 0.717) is 19.3 Å². The van der Waals surface area contributed by atoms with Gasteiger partial charge in [0.1, 0.15) is 11.9 Å². The first-order valence-electron chi connectivity index (χ1n) is 10.8. The molecule has 4 rings (SSSR count). The SMILES string of the molecule is O=C(O)Nc1ccc2c(c1)N(S(=O)(=O)c1cccc(C(F)(F)F)c1)CC(CCNC(=O)C1COC1)O2. The number of carboxylic acid groups (broad SMARTS) is 1. The molecule has 2 heterocycles. The van der Waals surface area contributed by atoms with Gasteiger partial charge in [-0.1, -0.05) is 6.07 Å². The maximum atomic E-state index is 13.5. The van der Waals surface area contributed by atoms with Crippen LogP contribution in [0, 0.1) is 5.92 Å². The van der Waals surface area contributed by atoms with Gasteiger partial charge in [-0.25, -0.2) is 13.2 Å². The highest BCUT2D eigenvalue weighted by atomic mass is 32.2. The Morgan fingerprint density at radius 1 is 1.14 bits per heavy atom. The molecule has 1 atom stereocenters. The zero-order valence-corrected chi connectivity index (χ0v) is 19.4. The van der Waals surface area contributed by atoms with E-state index in [2.05, 4.69) is 10.6 Å². The second-order valence-electron chi connectivity index (χ2n) is 8.23. The Balaban J connectivity index is 1.63. The molecule has 2 aliphatic heterocycles. The molecule has 1 fully saturated rings. The Hall–Kier alpha value is -3.52. The van der Waals surface area contributed by atoms with Gasteiger partial charge in [-0.05, 0) is 36.4 Å². The van der Waals surface area contributed by atoms with E-state index in [1.807, 2.05) is 0 Å². The predicted molar refractivity (Wildman–Crippen MR) is 120 cm³/mol. The van der Waals surface area contributed by atoms with Crippen molar-refractivity contribution in [2.45, 2.75) is 23.6 Å². The van der Waals surface area contributed by atoms with Crippen LogP contribution in [0.25, 0.3) is 0 Å². The smallest absolute Gasteiger partial charge is 0.416 e. The molecule has 0 bridgehead atoms. The van der Waals surface area contributed by atoms with E-state index in [-0.39, 0.29) is 48.5 Å². The number of rotatable bonds is 7. The van der Waals surface area contributed by atoms with E-state index in [1.165, 1.54) is 18.2 Å². The predicted octanol–water partition coefficient (Wildman–Crippen LogP) is 2.90. The van der Waals surface area contributed by atoms with E-state index >= 15 is 0 Å². The number of hydrogen-bond acceptors (Lipinski definition) is 6. The molecule has 0 aromatic heterocycles. The van der Waals surface area contributed by atoms with Crippen LogP contribution in [0.3, 0.4) is 0 Å². The molecule has 0 saturated carbocycles. The highest BCUT2D eigenvalue weighted by Crippen LogP contribution is 2.40. The summed E-state index contributed by atoms with van der Waals surface area (Å²) in [5.74, 6) is -0.345. The molecule has 1 unspecified atom stereocenters. The van der Waals surface area contributed by atoms with Crippen molar-refractivity contribution in [2.24, 2.45) is 5.92 Å². The number of nitrogens with zero attached hydrogens (tertiary/aromatic N) is 1. The van der Waals surface area contributed by atoms with Crippen molar-refractivity contribution < 1.29 is 45.8 Å².